The first kappa shape index (κ1) is 15.5. The maximum Gasteiger partial charge on any atom is 0.243 e. The number of nitrogens with zero attached hydrogens (tertiary/aromatic N) is 1. The largest absolute Gasteiger partial charge is 0.243 e. The van der Waals surface area contributed by atoms with E-state index in [1.165, 1.54) is 0 Å². The van der Waals surface area contributed by atoms with Crippen LogP contribution in [0.3, 0.4) is 0 Å². The molecule has 1 heterocycles. The van der Waals surface area contributed by atoms with E-state index in [1.54, 1.807) is 4.31 Å². The quantitative estimate of drug-likeness (QED) is 0.839. The molecular formula is C16H25NO2S. The molecule has 1 fully saturated rings. The Labute approximate surface area is 123 Å². The Kier molecular flexibility index (Phi) is 4.26. The zero-order chi connectivity index (χ0) is 15.1. The second kappa shape index (κ2) is 5.49. The summed E-state index contributed by atoms with van der Waals surface area (Å²) in [5.41, 5.74) is 3.90. The summed E-state index contributed by atoms with van der Waals surface area (Å²) in [6.07, 6.45) is 1.92. The Morgan fingerprint density at radius 1 is 1.00 bits per heavy atom. The van der Waals surface area contributed by atoms with E-state index in [0.29, 0.717) is 23.9 Å². The summed E-state index contributed by atoms with van der Waals surface area (Å²) in [5.74, 6) is 0.628. The fourth-order valence-corrected chi connectivity index (χ4v) is 4.97. The highest BCUT2D eigenvalue weighted by molar-refractivity contribution is 7.89. The van der Waals surface area contributed by atoms with Gasteiger partial charge < -0.3 is 0 Å². The molecule has 20 heavy (non-hydrogen) atoms. The van der Waals surface area contributed by atoms with Crippen molar-refractivity contribution in [1.29, 1.82) is 0 Å². The van der Waals surface area contributed by atoms with Crippen LogP contribution in [0.2, 0.25) is 0 Å². The lowest BCUT2D eigenvalue weighted by atomic mass is 10.0. The predicted molar refractivity (Wildman–Crippen MR) is 82.5 cm³/mol. The van der Waals surface area contributed by atoms with E-state index < -0.39 is 10.0 Å². The lowest BCUT2D eigenvalue weighted by Gasteiger charge is -2.31. The second-order valence-corrected chi connectivity index (χ2v) is 8.05. The molecule has 2 rings (SSSR count). The van der Waals surface area contributed by atoms with Gasteiger partial charge in [0.25, 0.3) is 0 Å². The van der Waals surface area contributed by atoms with Crippen molar-refractivity contribution in [1.82, 2.24) is 4.31 Å². The van der Waals surface area contributed by atoms with Gasteiger partial charge in [-0.1, -0.05) is 13.0 Å². The molecule has 1 saturated heterocycles. The van der Waals surface area contributed by atoms with Crippen molar-refractivity contribution in [3.8, 4) is 0 Å². The van der Waals surface area contributed by atoms with Crippen LogP contribution >= 0.6 is 0 Å². The summed E-state index contributed by atoms with van der Waals surface area (Å²) in [5, 5.41) is 0. The standard InChI is InChI=1S/C16H25NO2S/c1-11-6-8-17(9-7-11)20(18,19)16-14(4)12(2)10-13(3)15(16)5/h10-11H,6-9H2,1-5H3. The zero-order valence-corrected chi connectivity index (χ0v) is 14.0. The third-order valence-electron chi connectivity index (χ3n) is 4.64. The molecule has 0 unspecified atom stereocenters. The third kappa shape index (κ3) is 2.63. The minimum Gasteiger partial charge on any atom is -0.207 e. The molecule has 0 bridgehead atoms. The molecule has 1 aromatic carbocycles. The normalized spacial score (nSPS) is 18.4. The van der Waals surface area contributed by atoms with Gasteiger partial charge in [0.05, 0.1) is 4.90 Å². The van der Waals surface area contributed by atoms with Gasteiger partial charge in [-0.2, -0.15) is 4.31 Å². The van der Waals surface area contributed by atoms with Crippen LogP contribution in [0.1, 0.15) is 42.0 Å². The van der Waals surface area contributed by atoms with Crippen molar-refractivity contribution in [2.45, 2.75) is 52.4 Å². The Bertz CT molecular complexity index is 586. The van der Waals surface area contributed by atoms with E-state index in [4.69, 9.17) is 0 Å². The van der Waals surface area contributed by atoms with Gasteiger partial charge in [-0.3, -0.25) is 0 Å². The van der Waals surface area contributed by atoms with Crippen molar-refractivity contribution in [2.24, 2.45) is 5.92 Å². The molecule has 3 nitrogen and oxygen atoms in total. The third-order valence-corrected chi connectivity index (χ3v) is 6.81. The molecule has 1 aromatic rings. The number of hydrogen-bond acceptors (Lipinski definition) is 2. The van der Waals surface area contributed by atoms with Crippen LogP contribution in [-0.4, -0.2) is 25.8 Å². The highest BCUT2D eigenvalue weighted by atomic mass is 32.2. The van der Waals surface area contributed by atoms with Gasteiger partial charge in [-0.15, -0.1) is 0 Å². The first-order valence-corrected chi connectivity index (χ1v) is 8.76. The van der Waals surface area contributed by atoms with Crippen LogP contribution in [0.25, 0.3) is 0 Å². The average molecular weight is 295 g/mol. The lowest BCUT2D eigenvalue weighted by molar-refractivity contribution is 0.288. The summed E-state index contributed by atoms with van der Waals surface area (Å²) in [4.78, 5) is 0.532. The molecular weight excluding hydrogens is 270 g/mol. The van der Waals surface area contributed by atoms with Crippen molar-refractivity contribution in [3.63, 3.8) is 0 Å². The minimum atomic E-state index is -3.36. The number of piperidine rings is 1. The molecule has 0 atom stereocenters. The van der Waals surface area contributed by atoms with Crippen molar-refractivity contribution >= 4 is 10.0 Å². The van der Waals surface area contributed by atoms with Crippen LogP contribution in [0.5, 0.6) is 0 Å². The molecule has 0 spiro atoms. The molecule has 0 aliphatic carbocycles. The summed E-state index contributed by atoms with van der Waals surface area (Å²) in [6, 6.07) is 2.07. The molecule has 4 heteroatoms. The van der Waals surface area contributed by atoms with Crippen molar-refractivity contribution in [3.05, 3.63) is 28.3 Å². The minimum absolute atomic E-state index is 0.532. The first-order valence-electron chi connectivity index (χ1n) is 7.32. The molecule has 0 radical (unpaired) electrons. The van der Waals surface area contributed by atoms with Crippen molar-refractivity contribution in [2.75, 3.05) is 13.1 Å². The highest BCUT2D eigenvalue weighted by Gasteiger charge is 2.31. The maximum atomic E-state index is 13.0. The van der Waals surface area contributed by atoms with E-state index in [1.807, 2.05) is 27.7 Å². The Hall–Kier alpha value is -0.870. The number of benzene rings is 1. The molecule has 1 aliphatic heterocycles. The van der Waals surface area contributed by atoms with Gasteiger partial charge in [0.15, 0.2) is 0 Å². The van der Waals surface area contributed by atoms with Crippen LogP contribution < -0.4 is 0 Å². The zero-order valence-electron chi connectivity index (χ0n) is 13.2. The topological polar surface area (TPSA) is 37.4 Å². The van der Waals surface area contributed by atoms with Gasteiger partial charge in [0.2, 0.25) is 10.0 Å². The first-order chi connectivity index (χ1) is 9.25. The number of hydrogen-bond donors (Lipinski definition) is 0. The van der Waals surface area contributed by atoms with Crippen LogP contribution in [-0.2, 0) is 10.0 Å². The highest BCUT2D eigenvalue weighted by Crippen LogP contribution is 2.30. The molecule has 0 aromatic heterocycles. The molecule has 0 saturated carbocycles. The average Bonchev–Trinajstić information content (AvgIpc) is 2.37. The van der Waals surface area contributed by atoms with E-state index >= 15 is 0 Å². The van der Waals surface area contributed by atoms with E-state index in [9.17, 15) is 8.42 Å². The fourth-order valence-electron chi connectivity index (χ4n) is 2.92. The van der Waals surface area contributed by atoms with Gasteiger partial charge in [-0.25, -0.2) is 8.42 Å². The Morgan fingerprint density at radius 2 is 1.45 bits per heavy atom. The van der Waals surface area contributed by atoms with Crippen LogP contribution in [0, 0.1) is 33.6 Å². The monoisotopic (exact) mass is 295 g/mol. The Morgan fingerprint density at radius 3 is 1.90 bits per heavy atom. The number of aryl methyl sites for hydroxylation is 2. The predicted octanol–water partition coefficient (Wildman–Crippen LogP) is 3.34. The fraction of sp³-hybridized carbons (Fsp3) is 0.625. The molecule has 0 N–H and O–H groups in total. The summed E-state index contributed by atoms with van der Waals surface area (Å²) >= 11 is 0. The van der Waals surface area contributed by atoms with Crippen molar-refractivity contribution < 1.29 is 8.42 Å². The van der Waals surface area contributed by atoms with Gasteiger partial charge in [0.1, 0.15) is 0 Å². The number of rotatable bonds is 2. The van der Waals surface area contributed by atoms with Gasteiger partial charge in [0, 0.05) is 13.1 Å². The van der Waals surface area contributed by atoms with Gasteiger partial charge >= 0.3 is 0 Å². The van der Waals surface area contributed by atoms with Crippen LogP contribution in [0.4, 0.5) is 0 Å². The van der Waals surface area contributed by atoms with Gasteiger partial charge in [-0.05, 0) is 68.7 Å². The Balaban J connectivity index is 2.50. The van der Waals surface area contributed by atoms with E-state index in [0.717, 1.165) is 35.1 Å². The van der Waals surface area contributed by atoms with E-state index in [-0.39, 0.29) is 0 Å². The smallest absolute Gasteiger partial charge is 0.207 e. The summed E-state index contributed by atoms with van der Waals surface area (Å²) in [7, 11) is -3.36. The van der Waals surface area contributed by atoms with E-state index in [2.05, 4.69) is 13.0 Å². The van der Waals surface area contributed by atoms with Crippen LogP contribution in [0.15, 0.2) is 11.0 Å². The number of sulfonamides is 1. The maximum absolute atomic E-state index is 13.0. The molecule has 0 amide bonds. The molecule has 1 aliphatic rings. The second-order valence-electron chi connectivity index (χ2n) is 6.18. The summed E-state index contributed by atoms with van der Waals surface area (Å²) < 4.78 is 27.6. The lowest BCUT2D eigenvalue weighted by Crippen LogP contribution is -2.38. The molecule has 112 valence electrons. The SMILES string of the molecule is Cc1cc(C)c(C)c(S(=O)(=O)N2CCC(C)CC2)c1C. The summed E-state index contributed by atoms with van der Waals surface area (Å²) in [6.45, 7) is 11.3.